The Morgan fingerprint density at radius 2 is 0.521 bits per heavy atom. The first-order valence-electron chi connectivity index (χ1n) is 31.5. The Morgan fingerprint density at radius 1 is 0.282 bits per heavy atom. The fraction of sp³-hybridized carbons (Fsp3) is 0.862. The second-order valence-electron chi connectivity index (χ2n) is 21.3. The van der Waals surface area contributed by atoms with Crippen LogP contribution in [0.4, 0.5) is 0 Å². The lowest BCUT2D eigenvalue weighted by Crippen LogP contribution is -2.30. The van der Waals surface area contributed by atoms with Gasteiger partial charge >= 0.3 is 17.9 Å². The van der Waals surface area contributed by atoms with Gasteiger partial charge < -0.3 is 14.2 Å². The van der Waals surface area contributed by atoms with E-state index in [0.717, 1.165) is 83.5 Å². The summed E-state index contributed by atoms with van der Waals surface area (Å²) in [6, 6.07) is 0. The van der Waals surface area contributed by atoms with Crippen LogP contribution in [0, 0.1) is 0 Å². The van der Waals surface area contributed by atoms with E-state index in [-0.39, 0.29) is 31.1 Å². The minimum Gasteiger partial charge on any atom is -0.462 e. The highest BCUT2D eigenvalue weighted by molar-refractivity contribution is 5.71. The molecule has 0 rings (SSSR count). The number of ether oxygens (including phenoxy) is 3. The molecule has 0 aliphatic carbocycles. The first-order valence-corrected chi connectivity index (χ1v) is 31.5. The van der Waals surface area contributed by atoms with Crippen molar-refractivity contribution in [2.45, 2.75) is 348 Å². The molecule has 0 aromatic heterocycles. The maximum absolute atomic E-state index is 12.8. The Balaban J connectivity index is 3.90. The van der Waals surface area contributed by atoms with Crippen molar-refractivity contribution >= 4 is 17.9 Å². The number of rotatable bonds is 58. The van der Waals surface area contributed by atoms with Crippen LogP contribution in [0.3, 0.4) is 0 Å². The molecular formula is C65H120O6. The van der Waals surface area contributed by atoms with Gasteiger partial charge in [-0.25, -0.2) is 0 Å². The highest BCUT2D eigenvalue weighted by Gasteiger charge is 2.19. The predicted molar refractivity (Wildman–Crippen MR) is 307 cm³/mol. The molecule has 6 nitrogen and oxygen atoms in total. The maximum Gasteiger partial charge on any atom is 0.306 e. The van der Waals surface area contributed by atoms with Crippen molar-refractivity contribution in [1.82, 2.24) is 0 Å². The molecule has 0 aliphatic rings. The Morgan fingerprint density at radius 3 is 0.831 bits per heavy atom. The molecule has 0 saturated carbocycles. The van der Waals surface area contributed by atoms with E-state index in [9.17, 15) is 14.4 Å². The third-order valence-corrected chi connectivity index (χ3v) is 14.1. The molecule has 416 valence electrons. The molecule has 0 aromatic rings. The fourth-order valence-electron chi connectivity index (χ4n) is 9.34. The number of carbonyl (C=O) groups excluding carboxylic acids is 3. The van der Waals surface area contributed by atoms with Gasteiger partial charge in [0.15, 0.2) is 6.10 Å². The van der Waals surface area contributed by atoms with Gasteiger partial charge in [0.2, 0.25) is 0 Å². The summed E-state index contributed by atoms with van der Waals surface area (Å²) in [6.07, 6.45) is 73.5. The standard InChI is InChI=1S/C65H120O6/c1-4-7-10-13-16-18-20-22-24-25-26-27-28-29-30-31-32-33-34-35-36-37-38-39-40-41-42-44-45-47-49-52-55-58-64(67)70-61-62(60-69-63(66)57-54-51-15-12-9-6-3)71-65(68)59-56-53-50-48-46-43-23-21-19-17-14-11-8-5-2/h14,17,21,23,25-26,62H,4-13,15-16,18-20,22,24,27-61H2,1-3H3/b17-14-,23-21-,26-25-. The van der Waals surface area contributed by atoms with Crippen molar-refractivity contribution in [3.63, 3.8) is 0 Å². The molecule has 6 heteroatoms. The zero-order valence-corrected chi connectivity index (χ0v) is 47.8. The second-order valence-corrected chi connectivity index (χ2v) is 21.3. The lowest BCUT2D eigenvalue weighted by molar-refractivity contribution is -0.167. The lowest BCUT2D eigenvalue weighted by Gasteiger charge is -2.18. The summed E-state index contributed by atoms with van der Waals surface area (Å²) < 4.78 is 16.8. The zero-order chi connectivity index (χ0) is 51.4. The molecule has 0 radical (unpaired) electrons. The van der Waals surface area contributed by atoms with Crippen molar-refractivity contribution in [3.05, 3.63) is 36.5 Å². The van der Waals surface area contributed by atoms with Gasteiger partial charge in [-0.1, -0.05) is 288 Å². The van der Waals surface area contributed by atoms with Gasteiger partial charge in [-0.15, -0.1) is 0 Å². The molecule has 0 bridgehead atoms. The van der Waals surface area contributed by atoms with Crippen molar-refractivity contribution in [2.24, 2.45) is 0 Å². The molecule has 0 amide bonds. The summed E-state index contributed by atoms with van der Waals surface area (Å²) in [5.74, 6) is -0.883. The van der Waals surface area contributed by atoms with Gasteiger partial charge in [-0.2, -0.15) is 0 Å². The summed E-state index contributed by atoms with van der Waals surface area (Å²) in [5, 5.41) is 0. The third-order valence-electron chi connectivity index (χ3n) is 14.1. The molecule has 71 heavy (non-hydrogen) atoms. The maximum atomic E-state index is 12.8. The van der Waals surface area contributed by atoms with Gasteiger partial charge in [0.25, 0.3) is 0 Å². The monoisotopic (exact) mass is 997 g/mol. The summed E-state index contributed by atoms with van der Waals surface area (Å²) >= 11 is 0. The van der Waals surface area contributed by atoms with Crippen LogP contribution in [-0.4, -0.2) is 37.2 Å². The van der Waals surface area contributed by atoms with Crippen LogP contribution in [-0.2, 0) is 28.6 Å². The Hall–Kier alpha value is -2.37. The number of hydrogen-bond donors (Lipinski definition) is 0. The highest BCUT2D eigenvalue weighted by atomic mass is 16.6. The highest BCUT2D eigenvalue weighted by Crippen LogP contribution is 2.17. The van der Waals surface area contributed by atoms with E-state index in [1.54, 1.807) is 0 Å². The van der Waals surface area contributed by atoms with E-state index in [2.05, 4.69) is 57.2 Å². The molecule has 1 atom stereocenters. The molecule has 0 aliphatic heterocycles. The minimum absolute atomic E-state index is 0.0742. The number of carbonyl (C=O) groups is 3. The first kappa shape index (κ1) is 68.6. The van der Waals surface area contributed by atoms with Crippen LogP contribution in [0.1, 0.15) is 342 Å². The molecule has 0 aromatic carbocycles. The van der Waals surface area contributed by atoms with E-state index in [1.807, 2.05) is 0 Å². The molecule has 0 fully saturated rings. The Labute approximate surface area is 442 Å². The molecule has 0 spiro atoms. The summed E-state index contributed by atoms with van der Waals surface area (Å²) in [5.41, 5.74) is 0. The van der Waals surface area contributed by atoms with Gasteiger partial charge in [-0.3, -0.25) is 14.4 Å². The summed E-state index contributed by atoms with van der Waals surface area (Å²) in [7, 11) is 0. The number of allylic oxidation sites excluding steroid dienone is 6. The van der Waals surface area contributed by atoms with Crippen molar-refractivity contribution < 1.29 is 28.6 Å². The van der Waals surface area contributed by atoms with Crippen LogP contribution in [0.2, 0.25) is 0 Å². The van der Waals surface area contributed by atoms with Gasteiger partial charge in [-0.05, 0) is 70.6 Å². The van der Waals surface area contributed by atoms with E-state index in [1.165, 1.54) is 218 Å². The summed E-state index contributed by atoms with van der Waals surface area (Å²) in [4.78, 5) is 37.9. The molecule has 1 unspecified atom stereocenters. The normalized spacial score (nSPS) is 12.2. The zero-order valence-electron chi connectivity index (χ0n) is 47.8. The van der Waals surface area contributed by atoms with Gasteiger partial charge in [0.1, 0.15) is 13.2 Å². The first-order chi connectivity index (χ1) is 35.0. The Bertz CT molecular complexity index is 1190. The largest absolute Gasteiger partial charge is 0.462 e. The van der Waals surface area contributed by atoms with E-state index >= 15 is 0 Å². The smallest absolute Gasteiger partial charge is 0.306 e. The van der Waals surface area contributed by atoms with Crippen LogP contribution in [0.15, 0.2) is 36.5 Å². The molecule has 0 saturated heterocycles. The SMILES string of the molecule is CCCC/C=C\C/C=C\CCCCCCCC(=O)OC(COC(=O)CCCCCCCC)COC(=O)CCCCCCCCCCCCCCCCCCCCCCC/C=C\CCCCCCCCCC. The topological polar surface area (TPSA) is 78.9 Å². The second kappa shape index (κ2) is 60.2. The van der Waals surface area contributed by atoms with Crippen molar-refractivity contribution in [2.75, 3.05) is 13.2 Å². The number of unbranched alkanes of at least 4 members (excludes halogenated alkanes) is 41. The third kappa shape index (κ3) is 58.4. The van der Waals surface area contributed by atoms with Crippen LogP contribution in [0.25, 0.3) is 0 Å². The number of hydrogen-bond acceptors (Lipinski definition) is 6. The number of esters is 3. The quantitative estimate of drug-likeness (QED) is 0.0261. The van der Waals surface area contributed by atoms with Gasteiger partial charge in [0.05, 0.1) is 0 Å². The van der Waals surface area contributed by atoms with E-state index in [4.69, 9.17) is 14.2 Å². The van der Waals surface area contributed by atoms with E-state index in [0.29, 0.717) is 19.3 Å². The molecular weight excluding hydrogens is 877 g/mol. The summed E-state index contributed by atoms with van der Waals surface area (Å²) in [6.45, 7) is 6.56. The van der Waals surface area contributed by atoms with Crippen molar-refractivity contribution in [1.29, 1.82) is 0 Å². The molecule has 0 heterocycles. The minimum atomic E-state index is -0.773. The Kier molecular flexibility index (Phi) is 58.2. The van der Waals surface area contributed by atoms with Gasteiger partial charge in [0, 0.05) is 19.3 Å². The average Bonchev–Trinajstić information content (AvgIpc) is 3.37. The van der Waals surface area contributed by atoms with Crippen LogP contribution in [0.5, 0.6) is 0 Å². The predicted octanol–water partition coefficient (Wildman–Crippen LogP) is 21.2. The van der Waals surface area contributed by atoms with Crippen molar-refractivity contribution in [3.8, 4) is 0 Å². The fourth-order valence-corrected chi connectivity index (χ4v) is 9.34. The van der Waals surface area contributed by atoms with E-state index < -0.39 is 6.10 Å². The van der Waals surface area contributed by atoms with Crippen LogP contribution < -0.4 is 0 Å². The molecule has 0 N–H and O–H groups in total. The average molecular weight is 998 g/mol. The van der Waals surface area contributed by atoms with Crippen LogP contribution >= 0.6 is 0 Å². The lowest BCUT2D eigenvalue weighted by atomic mass is 10.0.